The van der Waals surface area contributed by atoms with Crippen LogP contribution in [0.2, 0.25) is 0 Å². The Labute approximate surface area is 95.3 Å². The summed E-state index contributed by atoms with van der Waals surface area (Å²) in [4.78, 5) is 6.84. The van der Waals surface area contributed by atoms with Gasteiger partial charge in [0.1, 0.15) is 0 Å². The van der Waals surface area contributed by atoms with E-state index in [9.17, 15) is 0 Å². The van der Waals surface area contributed by atoms with Gasteiger partial charge in [0.15, 0.2) is 5.13 Å². The Balaban J connectivity index is 1.98. The van der Waals surface area contributed by atoms with E-state index < -0.39 is 0 Å². The fourth-order valence-corrected chi connectivity index (χ4v) is 2.76. The number of thiazole rings is 1. The van der Waals surface area contributed by atoms with Gasteiger partial charge in [0.05, 0.1) is 5.69 Å². The molecule has 2 atom stereocenters. The predicted molar refractivity (Wildman–Crippen MR) is 64.8 cm³/mol. The number of anilines is 1. The molecule has 15 heavy (non-hydrogen) atoms. The summed E-state index contributed by atoms with van der Waals surface area (Å²) in [5.74, 6) is 0.817. The zero-order valence-corrected chi connectivity index (χ0v) is 10.3. The molecule has 1 aromatic rings. The smallest absolute Gasteiger partial charge is 0.180 e. The van der Waals surface area contributed by atoms with Gasteiger partial charge >= 0.3 is 0 Å². The molecule has 2 rings (SSSR count). The number of rotatable bonds is 2. The summed E-state index contributed by atoms with van der Waals surface area (Å²) in [6.45, 7) is 6.79. The average molecular weight is 225 g/mol. The predicted octanol–water partition coefficient (Wildman–Crippen LogP) is 2.35. The van der Waals surface area contributed by atoms with Crippen molar-refractivity contribution in [2.45, 2.75) is 39.3 Å². The van der Waals surface area contributed by atoms with Crippen molar-refractivity contribution in [3.05, 3.63) is 11.1 Å². The van der Waals surface area contributed by atoms with E-state index in [-0.39, 0.29) is 0 Å². The Hall–Kier alpha value is -0.610. The summed E-state index contributed by atoms with van der Waals surface area (Å²) >= 11 is 1.54. The van der Waals surface area contributed by atoms with E-state index in [2.05, 4.69) is 29.1 Å². The van der Waals surface area contributed by atoms with Crippen molar-refractivity contribution in [1.82, 2.24) is 9.88 Å². The first-order chi connectivity index (χ1) is 7.15. The third-order valence-corrected chi connectivity index (χ3v) is 3.90. The van der Waals surface area contributed by atoms with Crippen LogP contribution in [0.15, 0.2) is 5.38 Å². The third kappa shape index (κ3) is 2.69. The lowest BCUT2D eigenvalue weighted by Gasteiger charge is -2.36. The number of aromatic nitrogens is 1. The van der Waals surface area contributed by atoms with E-state index in [0.717, 1.165) is 18.2 Å². The van der Waals surface area contributed by atoms with Crippen molar-refractivity contribution in [2.75, 3.05) is 12.3 Å². The standard InChI is InChI=1S/C11H19N3S/c1-8-3-4-9(2)14(5-8)6-10-7-15-11(12)13-10/h7-9H,3-6H2,1-2H3,(H2,12,13). The Morgan fingerprint density at radius 1 is 1.53 bits per heavy atom. The summed E-state index contributed by atoms with van der Waals surface area (Å²) in [5.41, 5.74) is 6.76. The molecule has 0 amide bonds. The van der Waals surface area contributed by atoms with Crippen LogP contribution in [0.5, 0.6) is 0 Å². The Bertz CT molecular complexity index is 323. The lowest BCUT2D eigenvalue weighted by Crippen LogP contribution is -2.40. The number of piperidine rings is 1. The zero-order valence-electron chi connectivity index (χ0n) is 9.44. The van der Waals surface area contributed by atoms with Crippen molar-refractivity contribution in [2.24, 2.45) is 5.92 Å². The molecular formula is C11H19N3S. The van der Waals surface area contributed by atoms with Gasteiger partial charge < -0.3 is 5.73 Å². The second kappa shape index (κ2) is 4.49. The molecule has 1 aromatic heterocycles. The van der Waals surface area contributed by atoms with Gasteiger partial charge in [0.2, 0.25) is 0 Å². The number of likely N-dealkylation sites (tertiary alicyclic amines) is 1. The number of nitrogens with two attached hydrogens (primary N) is 1. The third-order valence-electron chi connectivity index (χ3n) is 3.18. The molecule has 1 aliphatic rings. The van der Waals surface area contributed by atoms with E-state index in [1.807, 2.05) is 0 Å². The SMILES string of the molecule is CC1CCC(C)N(Cc2csc(N)n2)C1. The summed E-state index contributed by atoms with van der Waals surface area (Å²) in [7, 11) is 0. The molecule has 0 bridgehead atoms. The molecule has 0 spiro atoms. The second-order valence-electron chi connectivity index (χ2n) is 4.64. The highest BCUT2D eigenvalue weighted by molar-refractivity contribution is 7.13. The molecule has 3 nitrogen and oxygen atoms in total. The van der Waals surface area contributed by atoms with E-state index >= 15 is 0 Å². The van der Waals surface area contributed by atoms with Crippen LogP contribution in [0.1, 0.15) is 32.4 Å². The molecule has 0 radical (unpaired) electrons. The number of hydrogen-bond acceptors (Lipinski definition) is 4. The minimum atomic E-state index is 0.683. The Kier molecular flexibility index (Phi) is 3.26. The van der Waals surface area contributed by atoms with Gasteiger partial charge in [-0.2, -0.15) is 0 Å². The lowest BCUT2D eigenvalue weighted by atomic mass is 9.95. The molecule has 2 heterocycles. The number of nitrogen functional groups attached to an aromatic ring is 1. The zero-order chi connectivity index (χ0) is 10.8. The monoisotopic (exact) mass is 225 g/mol. The van der Waals surface area contributed by atoms with Crippen molar-refractivity contribution in [3.8, 4) is 0 Å². The van der Waals surface area contributed by atoms with Crippen LogP contribution in [0.3, 0.4) is 0 Å². The number of nitrogens with zero attached hydrogens (tertiary/aromatic N) is 2. The van der Waals surface area contributed by atoms with Crippen LogP contribution in [0, 0.1) is 5.92 Å². The highest BCUT2D eigenvalue weighted by Gasteiger charge is 2.23. The molecule has 2 unspecified atom stereocenters. The van der Waals surface area contributed by atoms with Crippen LogP contribution in [-0.2, 0) is 6.54 Å². The average Bonchev–Trinajstić information content (AvgIpc) is 2.58. The number of hydrogen-bond donors (Lipinski definition) is 1. The minimum Gasteiger partial charge on any atom is -0.375 e. The van der Waals surface area contributed by atoms with Crippen molar-refractivity contribution in [1.29, 1.82) is 0 Å². The van der Waals surface area contributed by atoms with Crippen molar-refractivity contribution in [3.63, 3.8) is 0 Å². The van der Waals surface area contributed by atoms with Gasteiger partial charge in [-0.15, -0.1) is 11.3 Å². The fraction of sp³-hybridized carbons (Fsp3) is 0.727. The van der Waals surface area contributed by atoms with Gasteiger partial charge in [0.25, 0.3) is 0 Å². The molecular weight excluding hydrogens is 206 g/mol. The summed E-state index contributed by atoms with van der Waals surface area (Å²) in [5, 5.41) is 2.75. The molecule has 84 valence electrons. The normalized spacial score (nSPS) is 28.1. The summed E-state index contributed by atoms with van der Waals surface area (Å²) in [6, 6.07) is 0.684. The van der Waals surface area contributed by atoms with E-state index in [1.165, 1.54) is 30.7 Å². The van der Waals surface area contributed by atoms with Crippen LogP contribution in [-0.4, -0.2) is 22.5 Å². The fourth-order valence-electron chi connectivity index (χ4n) is 2.20. The van der Waals surface area contributed by atoms with Gasteiger partial charge in [0, 0.05) is 24.5 Å². The molecule has 0 saturated carbocycles. The summed E-state index contributed by atoms with van der Waals surface area (Å²) in [6.07, 6.45) is 2.66. The van der Waals surface area contributed by atoms with Crippen LogP contribution < -0.4 is 5.73 Å². The van der Waals surface area contributed by atoms with Crippen LogP contribution in [0.4, 0.5) is 5.13 Å². The van der Waals surface area contributed by atoms with E-state index in [4.69, 9.17) is 5.73 Å². The van der Waals surface area contributed by atoms with E-state index in [1.54, 1.807) is 0 Å². The Morgan fingerprint density at radius 3 is 3.00 bits per heavy atom. The first-order valence-electron chi connectivity index (χ1n) is 5.59. The van der Waals surface area contributed by atoms with Crippen LogP contribution in [0.25, 0.3) is 0 Å². The lowest BCUT2D eigenvalue weighted by molar-refractivity contribution is 0.116. The maximum atomic E-state index is 5.63. The van der Waals surface area contributed by atoms with Gasteiger partial charge in [-0.25, -0.2) is 4.98 Å². The largest absolute Gasteiger partial charge is 0.375 e. The first-order valence-corrected chi connectivity index (χ1v) is 6.47. The van der Waals surface area contributed by atoms with Crippen molar-refractivity contribution >= 4 is 16.5 Å². The molecule has 0 aliphatic carbocycles. The van der Waals surface area contributed by atoms with E-state index in [0.29, 0.717) is 11.2 Å². The van der Waals surface area contributed by atoms with Gasteiger partial charge in [-0.1, -0.05) is 6.92 Å². The molecule has 1 aliphatic heterocycles. The highest BCUT2D eigenvalue weighted by atomic mass is 32.1. The topological polar surface area (TPSA) is 42.1 Å². The van der Waals surface area contributed by atoms with Crippen LogP contribution >= 0.6 is 11.3 Å². The first kappa shape index (κ1) is 10.9. The highest BCUT2D eigenvalue weighted by Crippen LogP contribution is 2.23. The van der Waals surface area contributed by atoms with Gasteiger partial charge in [-0.3, -0.25) is 4.90 Å². The second-order valence-corrected chi connectivity index (χ2v) is 5.53. The molecule has 4 heteroatoms. The maximum Gasteiger partial charge on any atom is 0.180 e. The molecule has 2 N–H and O–H groups in total. The Morgan fingerprint density at radius 2 is 2.33 bits per heavy atom. The molecule has 0 aromatic carbocycles. The summed E-state index contributed by atoms with van der Waals surface area (Å²) < 4.78 is 0. The maximum absolute atomic E-state index is 5.63. The van der Waals surface area contributed by atoms with Crippen molar-refractivity contribution < 1.29 is 0 Å². The molecule has 1 saturated heterocycles. The minimum absolute atomic E-state index is 0.683. The quantitative estimate of drug-likeness (QED) is 0.840. The van der Waals surface area contributed by atoms with Gasteiger partial charge in [-0.05, 0) is 25.7 Å². The molecule has 1 fully saturated rings.